The maximum absolute atomic E-state index is 12.2. The average molecular weight is 322 g/mol. The Kier molecular flexibility index (Phi) is 4.36. The molecule has 0 aliphatic carbocycles. The minimum atomic E-state index is -3.74. The molecular weight excluding hydrogens is 310 g/mol. The lowest BCUT2D eigenvalue weighted by molar-refractivity contribution is 0.601. The monoisotopic (exact) mass is 321 g/mol. The summed E-state index contributed by atoms with van der Waals surface area (Å²) in [5.74, 6) is 0. The molecule has 5 nitrogen and oxygen atoms in total. The molecule has 0 heterocycles. The number of rotatable bonds is 4. The molecule has 0 atom stereocenters. The molecule has 0 amide bonds. The number of hydrogen-bond acceptors (Lipinski definition) is 4. The van der Waals surface area contributed by atoms with Crippen LogP contribution in [0.25, 0.3) is 0 Å². The summed E-state index contributed by atoms with van der Waals surface area (Å²) in [6.45, 7) is 0. The highest BCUT2D eigenvalue weighted by molar-refractivity contribution is 7.92. The Morgan fingerprint density at radius 1 is 1.19 bits per heavy atom. The van der Waals surface area contributed by atoms with E-state index in [9.17, 15) is 8.42 Å². The van der Waals surface area contributed by atoms with Crippen molar-refractivity contribution in [3.63, 3.8) is 0 Å². The van der Waals surface area contributed by atoms with Crippen LogP contribution >= 0.6 is 11.6 Å². The third kappa shape index (κ3) is 3.66. The lowest BCUT2D eigenvalue weighted by Crippen LogP contribution is -2.13. The summed E-state index contributed by atoms with van der Waals surface area (Å²) in [6.07, 6.45) is 0.234. The number of sulfonamides is 1. The van der Waals surface area contributed by atoms with Gasteiger partial charge in [-0.05, 0) is 35.9 Å². The molecule has 0 spiro atoms. The number of benzene rings is 2. The smallest absolute Gasteiger partial charge is 0.261 e. The average Bonchev–Trinajstić information content (AvgIpc) is 2.43. The van der Waals surface area contributed by atoms with E-state index < -0.39 is 10.0 Å². The molecule has 2 aromatic carbocycles. The van der Waals surface area contributed by atoms with E-state index in [1.807, 2.05) is 6.07 Å². The fourth-order valence-electron chi connectivity index (χ4n) is 1.70. The van der Waals surface area contributed by atoms with Crippen LogP contribution in [0.4, 0.5) is 11.4 Å². The number of nitriles is 1. The van der Waals surface area contributed by atoms with Gasteiger partial charge in [0.15, 0.2) is 0 Å². The summed E-state index contributed by atoms with van der Waals surface area (Å²) in [4.78, 5) is 0.0945. The van der Waals surface area contributed by atoms with Crippen LogP contribution < -0.4 is 10.5 Å². The van der Waals surface area contributed by atoms with Crippen LogP contribution in [0.2, 0.25) is 5.02 Å². The minimum absolute atomic E-state index is 0.0945. The Labute approximate surface area is 128 Å². The van der Waals surface area contributed by atoms with Gasteiger partial charge in [0.05, 0.1) is 28.1 Å². The topological polar surface area (TPSA) is 96.0 Å². The van der Waals surface area contributed by atoms with Crippen molar-refractivity contribution in [2.24, 2.45) is 0 Å². The van der Waals surface area contributed by atoms with Crippen molar-refractivity contribution >= 4 is 33.0 Å². The van der Waals surface area contributed by atoms with Gasteiger partial charge in [-0.3, -0.25) is 4.72 Å². The van der Waals surface area contributed by atoms with Crippen LogP contribution in [0.1, 0.15) is 5.56 Å². The zero-order valence-corrected chi connectivity index (χ0v) is 12.4. The molecule has 108 valence electrons. The molecule has 0 saturated carbocycles. The van der Waals surface area contributed by atoms with E-state index in [0.717, 1.165) is 5.56 Å². The molecule has 0 aliphatic heterocycles. The van der Waals surface area contributed by atoms with Gasteiger partial charge in [-0.2, -0.15) is 5.26 Å². The van der Waals surface area contributed by atoms with E-state index in [0.29, 0.717) is 5.69 Å². The molecule has 0 fully saturated rings. The summed E-state index contributed by atoms with van der Waals surface area (Å²) in [7, 11) is -3.74. The molecular formula is C14H12ClN3O2S. The molecule has 0 radical (unpaired) electrons. The van der Waals surface area contributed by atoms with Gasteiger partial charge in [0.1, 0.15) is 0 Å². The number of hydrogen-bond donors (Lipinski definition) is 2. The molecule has 0 bridgehead atoms. The first kappa shape index (κ1) is 15.2. The van der Waals surface area contributed by atoms with Crippen molar-refractivity contribution in [3.8, 4) is 6.07 Å². The summed E-state index contributed by atoms with van der Waals surface area (Å²) >= 11 is 5.95. The van der Waals surface area contributed by atoms with Gasteiger partial charge in [0, 0.05) is 5.69 Å². The van der Waals surface area contributed by atoms with Gasteiger partial charge in [0.25, 0.3) is 10.0 Å². The van der Waals surface area contributed by atoms with Crippen molar-refractivity contribution in [2.45, 2.75) is 11.3 Å². The number of anilines is 2. The van der Waals surface area contributed by atoms with Crippen LogP contribution in [-0.4, -0.2) is 8.42 Å². The molecule has 7 heteroatoms. The van der Waals surface area contributed by atoms with Gasteiger partial charge in [-0.25, -0.2) is 8.42 Å². The van der Waals surface area contributed by atoms with Crippen LogP contribution in [0.5, 0.6) is 0 Å². The van der Waals surface area contributed by atoms with Crippen LogP contribution in [0.3, 0.4) is 0 Å². The van der Waals surface area contributed by atoms with E-state index in [-0.39, 0.29) is 22.0 Å². The molecule has 21 heavy (non-hydrogen) atoms. The van der Waals surface area contributed by atoms with Crippen molar-refractivity contribution in [1.82, 2.24) is 0 Å². The first-order valence-electron chi connectivity index (χ1n) is 5.96. The van der Waals surface area contributed by atoms with E-state index in [4.69, 9.17) is 22.6 Å². The second-order valence-corrected chi connectivity index (χ2v) is 6.41. The quantitative estimate of drug-likeness (QED) is 0.846. The van der Waals surface area contributed by atoms with Crippen molar-refractivity contribution in [1.29, 1.82) is 5.26 Å². The van der Waals surface area contributed by atoms with E-state index in [1.165, 1.54) is 24.3 Å². The Bertz CT molecular complexity index is 796. The van der Waals surface area contributed by atoms with Gasteiger partial charge in [-0.15, -0.1) is 0 Å². The molecule has 2 rings (SSSR count). The maximum Gasteiger partial charge on any atom is 0.261 e. The van der Waals surface area contributed by atoms with E-state index in [1.54, 1.807) is 18.2 Å². The molecule has 0 aliphatic rings. The molecule has 0 saturated heterocycles. The third-order valence-corrected chi connectivity index (χ3v) is 4.45. The van der Waals surface area contributed by atoms with Crippen LogP contribution in [0.15, 0.2) is 47.4 Å². The summed E-state index contributed by atoms with van der Waals surface area (Å²) in [5.41, 5.74) is 7.02. The number of nitrogen functional groups attached to an aromatic ring is 1. The standard InChI is InChI=1S/C14H12ClN3O2S/c15-13-9-11(17)3-6-14(13)18-21(19,20)12-4-1-10(2-5-12)7-8-16/h1-6,9,18H,7,17H2. The predicted molar refractivity (Wildman–Crippen MR) is 82.4 cm³/mol. The normalized spacial score (nSPS) is 10.9. The lowest BCUT2D eigenvalue weighted by Gasteiger charge is -2.10. The molecule has 3 N–H and O–H groups in total. The highest BCUT2D eigenvalue weighted by atomic mass is 35.5. The molecule has 0 aromatic heterocycles. The minimum Gasteiger partial charge on any atom is -0.399 e. The summed E-state index contributed by atoms with van der Waals surface area (Å²) in [6, 6.07) is 12.6. The van der Waals surface area contributed by atoms with Gasteiger partial charge >= 0.3 is 0 Å². The summed E-state index contributed by atoms with van der Waals surface area (Å²) < 4.78 is 26.9. The highest BCUT2D eigenvalue weighted by Crippen LogP contribution is 2.26. The van der Waals surface area contributed by atoms with Crippen molar-refractivity contribution in [2.75, 3.05) is 10.5 Å². The second-order valence-electron chi connectivity index (χ2n) is 4.32. The largest absolute Gasteiger partial charge is 0.399 e. The number of nitrogens with zero attached hydrogens (tertiary/aromatic N) is 1. The Hall–Kier alpha value is -2.23. The lowest BCUT2D eigenvalue weighted by atomic mass is 10.2. The Balaban J connectivity index is 2.27. The summed E-state index contributed by atoms with van der Waals surface area (Å²) in [5, 5.41) is 8.81. The zero-order chi connectivity index (χ0) is 15.5. The first-order chi connectivity index (χ1) is 9.92. The second kappa shape index (κ2) is 6.04. The van der Waals surface area contributed by atoms with Gasteiger partial charge < -0.3 is 5.73 Å². The van der Waals surface area contributed by atoms with E-state index in [2.05, 4.69) is 4.72 Å². The number of nitrogens with two attached hydrogens (primary N) is 1. The first-order valence-corrected chi connectivity index (χ1v) is 7.82. The van der Waals surface area contributed by atoms with Crippen molar-refractivity contribution < 1.29 is 8.42 Å². The Morgan fingerprint density at radius 2 is 1.86 bits per heavy atom. The number of halogens is 1. The van der Waals surface area contributed by atoms with Crippen LogP contribution in [0, 0.1) is 11.3 Å². The number of nitrogens with one attached hydrogen (secondary N) is 1. The van der Waals surface area contributed by atoms with Crippen LogP contribution in [-0.2, 0) is 16.4 Å². The third-order valence-electron chi connectivity index (χ3n) is 2.75. The fraction of sp³-hybridized carbons (Fsp3) is 0.0714. The molecule has 0 unspecified atom stereocenters. The van der Waals surface area contributed by atoms with Crippen molar-refractivity contribution in [3.05, 3.63) is 53.1 Å². The predicted octanol–water partition coefficient (Wildman–Crippen LogP) is 2.79. The maximum atomic E-state index is 12.2. The fourth-order valence-corrected chi connectivity index (χ4v) is 3.07. The Morgan fingerprint density at radius 3 is 2.43 bits per heavy atom. The SMILES string of the molecule is N#CCc1ccc(S(=O)(=O)Nc2ccc(N)cc2Cl)cc1. The highest BCUT2D eigenvalue weighted by Gasteiger charge is 2.15. The molecule has 2 aromatic rings. The van der Waals surface area contributed by atoms with E-state index >= 15 is 0 Å². The zero-order valence-electron chi connectivity index (χ0n) is 10.9. The van der Waals surface area contributed by atoms with Gasteiger partial charge in [-0.1, -0.05) is 23.7 Å². The van der Waals surface area contributed by atoms with Gasteiger partial charge in [0.2, 0.25) is 0 Å².